The first-order chi connectivity index (χ1) is 8.28. The van der Waals surface area contributed by atoms with E-state index in [2.05, 4.69) is 0 Å². The Hall–Kier alpha value is -1.03. The van der Waals surface area contributed by atoms with Crippen LogP contribution in [0.15, 0.2) is 30.3 Å². The second-order valence-electron chi connectivity index (χ2n) is 5.16. The van der Waals surface area contributed by atoms with Crippen molar-refractivity contribution >= 4 is 0 Å². The van der Waals surface area contributed by atoms with Gasteiger partial charge < -0.3 is 5.11 Å². The van der Waals surface area contributed by atoms with Crippen molar-refractivity contribution < 1.29 is 18.3 Å². The number of hydrogen-bond acceptors (Lipinski definition) is 1. The molecule has 0 saturated heterocycles. The summed E-state index contributed by atoms with van der Waals surface area (Å²) in [5.41, 5.74) is -1.18. The molecule has 0 heterocycles. The Morgan fingerprint density at radius 1 is 1.06 bits per heavy atom. The molecule has 1 N–H and O–H groups in total. The SMILES string of the molecule is CC(F)C(O)C(F)C(C)(C)C(F)c1ccccc1. The number of rotatable bonds is 5. The quantitative estimate of drug-likeness (QED) is 0.854. The first kappa shape index (κ1) is 15.0. The third kappa shape index (κ3) is 3.05. The third-order valence-electron chi connectivity index (χ3n) is 3.23. The Bertz CT molecular complexity index is 365. The number of aliphatic hydroxyl groups excluding tert-OH is 1. The molecule has 4 heteroatoms. The highest BCUT2D eigenvalue weighted by Gasteiger charge is 2.44. The fraction of sp³-hybridized carbons (Fsp3) is 0.571. The van der Waals surface area contributed by atoms with Gasteiger partial charge >= 0.3 is 0 Å². The average molecular weight is 260 g/mol. The molecule has 0 saturated carbocycles. The molecule has 1 nitrogen and oxygen atoms in total. The molecule has 0 amide bonds. The van der Waals surface area contributed by atoms with Crippen molar-refractivity contribution in [1.29, 1.82) is 0 Å². The first-order valence-electron chi connectivity index (χ1n) is 5.93. The lowest BCUT2D eigenvalue weighted by Gasteiger charge is -2.35. The van der Waals surface area contributed by atoms with Gasteiger partial charge in [-0.2, -0.15) is 0 Å². The molecule has 0 radical (unpaired) electrons. The zero-order valence-electron chi connectivity index (χ0n) is 10.8. The minimum Gasteiger partial charge on any atom is -0.387 e. The van der Waals surface area contributed by atoms with Crippen LogP contribution in [0.2, 0.25) is 0 Å². The molecule has 102 valence electrons. The number of halogens is 3. The maximum absolute atomic E-state index is 14.3. The Balaban J connectivity index is 2.92. The van der Waals surface area contributed by atoms with Gasteiger partial charge in [-0.15, -0.1) is 0 Å². The molecule has 1 aromatic carbocycles. The van der Waals surface area contributed by atoms with Crippen molar-refractivity contribution in [1.82, 2.24) is 0 Å². The minimum absolute atomic E-state index is 0.323. The van der Waals surface area contributed by atoms with Gasteiger partial charge in [0.25, 0.3) is 0 Å². The van der Waals surface area contributed by atoms with Crippen LogP contribution in [-0.4, -0.2) is 23.6 Å². The van der Waals surface area contributed by atoms with E-state index in [-0.39, 0.29) is 0 Å². The normalized spacial score (nSPS) is 19.1. The molecule has 4 atom stereocenters. The predicted molar refractivity (Wildman–Crippen MR) is 65.5 cm³/mol. The monoisotopic (exact) mass is 260 g/mol. The van der Waals surface area contributed by atoms with Gasteiger partial charge in [-0.05, 0) is 12.5 Å². The molecule has 4 unspecified atom stereocenters. The summed E-state index contributed by atoms with van der Waals surface area (Å²) in [5.74, 6) is 0. The van der Waals surface area contributed by atoms with Crippen molar-refractivity contribution in [3.05, 3.63) is 35.9 Å². The first-order valence-corrected chi connectivity index (χ1v) is 5.93. The number of hydrogen-bond donors (Lipinski definition) is 1. The van der Waals surface area contributed by atoms with Crippen molar-refractivity contribution in [3.8, 4) is 0 Å². The molecule has 0 aromatic heterocycles. The van der Waals surface area contributed by atoms with Gasteiger partial charge in [0.15, 0.2) is 0 Å². The standard InChI is InChI=1S/C14H19F3O/c1-9(15)11(18)13(17)14(2,3)12(16)10-7-5-4-6-8-10/h4-9,11-13,18H,1-3H3. The molecule has 1 aromatic rings. The summed E-state index contributed by atoms with van der Waals surface area (Å²) < 4.78 is 41.3. The van der Waals surface area contributed by atoms with Crippen molar-refractivity contribution in [3.63, 3.8) is 0 Å². The van der Waals surface area contributed by atoms with E-state index >= 15 is 0 Å². The molecule has 0 spiro atoms. The lowest BCUT2D eigenvalue weighted by Crippen LogP contribution is -2.43. The topological polar surface area (TPSA) is 20.2 Å². The zero-order chi connectivity index (χ0) is 13.9. The van der Waals surface area contributed by atoms with Gasteiger partial charge in [0.2, 0.25) is 0 Å². The average Bonchev–Trinajstić information content (AvgIpc) is 2.36. The predicted octanol–water partition coefficient (Wildman–Crippen LogP) is 3.78. The molecule has 0 aliphatic heterocycles. The van der Waals surface area contributed by atoms with Gasteiger partial charge in [-0.25, -0.2) is 13.2 Å². The Morgan fingerprint density at radius 2 is 1.56 bits per heavy atom. The smallest absolute Gasteiger partial charge is 0.137 e. The van der Waals surface area contributed by atoms with Crippen LogP contribution in [0, 0.1) is 5.41 Å². The summed E-state index contributed by atoms with van der Waals surface area (Å²) in [6.07, 6.45) is -7.14. The van der Waals surface area contributed by atoms with Crippen molar-refractivity contribution in [2.75, 3.05) is 0 Å². The van der Waals surface area contributed by atoms with Crippen molar-refractivity contribution in [2.45, 2.75) is 45.4 Å². The fourth-order valence-corrected chi connectivity index (χ4v) is 1.86. The summed E-state index contributed by atoms with van der Waals surface area (Å²) >= 11 is 0. The zero-order valence-corrected chi connectivity index (χ0v) is 10.8. The van der Waals surface area contributed by atoms with Crippen LogP contribution in [0.5, 0.6) is 0 Å². The molecule has 0 fully saturated rings. The lowest BCUT2D eigenvalue weighted by molar-refractivity contribution is -0.0623. The molecule has 1 rings (SSSR count). The second-order valence-corrected chi connectivity index (χ2v) is 5.16. The van der Waals surface area contributed by atoms with Gasteiger partial charge in [0.05, 0.1) is 0 Å². The van der Waals surface area contributed by atoms with Crippen LogP contribution in [-0.2, 0) is 0 Å². The van der Waals surface area contributed by atoms with Crippen LogP contribution in [0.1, 0.15) is 32.5 Å². The van der Waals surface area contributed by atoms with Gasteiger partial charge in [0, 0.05) is 5.41 Å². The third-order valence-corrected chi connectivity index (χ3v) is 3.23. The van der Waals surface area contributed by atoms with Crippen LogP contribution < -0.4 is 0 Å². The number of alkyl halides is 3. The molecular formula is C14H19F3O. The van der Waals surface area contributed by atoms with Crippen LogP contribution in [0.3, 0.4) is 0 Å². The molecular weight excluding hydrogens is 241 g/mol. The van der Waals surface area contributed by atoms with E-state index in [9.17, 15) is 18.3 Å². The largest absolute Gasteiger partial charge is 0.387 e. The number of aliphatic hydroxyl groups is 1. The highest BCUT2D eigenvalue weighted by Crippen LogP contribution is 2.42. The van der Waals surface area contributed by atoms with Crippen LogP contribution in [0.25, 0.3) is 0 Å². The Morgan fingerprint density at radius 3 is 2.00 bits per heavy atom. The lowest BCUT2D eigenvalue weighted by atomic mass is 9.77. The highest BCUT2D eigenvalue weighted by atomic mass is 19.2. The Kier molecular flexibility index (Phi) is 4.79. The maximum Gasteiger partial charge on any atom is 0.137 e. The van der Waals surface area contributed by atoms with Crippen LogP contribution in [0.4, 0.5) is 13.2 Å². The Labute approximate surface area is 106 Å². The maximum atomic E-state index is 14.3. The van der Waals surface area contributed by atoms with Gasteiger partial charge in [-0.1, -0.05) is 44.2 Å². The van der Waals surface area contributed by atoms with E-state index < -0.39 is 30.0 Å². The minimum atomic E-state index is -1.98. The molecule has 0 aliphatic rings. The van der Waals surface area contributed by atoms with E-state index in [1.54, 1.807) is 30.3 Å². The summed E-state index contributed by atoms with van der Waals surface area (Å²) in [5, 5.41) is 9.41. The van der Waals surface area contributed by atoms with Crippen LogP contribution >= 0.6 is 0 Å². The summed E-state index contributed by atoms with van der Waals surface area (Å²) in [7, 11) is 0. The highest BCUT2D eigenvalue weighted by molar-refractivity contribution is 5.20. The van der Waals surface area contributed by atoms with E-state index in [1.165, 1.54) is 13.8 Å². The van der Waals surface area contributed by atoms with E-state index in [4.69, 9.17) is 0 Å². The second kappa shape index (κ2) is 5.74. The number of benzene rings is 1. The summed E-state index contributed by atoms with van der Waals surface area (Å²) in [4.78, 5) is 0. The molecule has 18 heavy (non-hydrogen) atoms. The summed E-state index contributed by atoms with van der Waals surface area (Å²) in [6, 6.07) is 8.13. The van der Waals surface area contributed by atoms with Gasteiger partial charge in [-0.3, -0.25) is 0 Å². The van der Waals surface area contributed by atoms with E-state index in [0.29, 0.717) is 5.56 Å². The molecule has 0 aliphatic carbocycles. The fourth-order valence-electron chi connectivity index (χ4n) is 1.86. The van der Waals surface area contributed by atoms with E-state index in [0.717, 1.165) is 6.92 Å². The summed E-state index contributed by atoms with van der Waals surface area (Å²) in [6.45, 7) is 3.75. The van der Waals surface area contributed by atoms with E-state index in [1.807, 2.05) is 0 Å². The van der Waals surface area contributed by atoms with Gasteiger partial charge in [0.1, 0.15) is 24.6 Å². The molecule has 0 bridgehead atoms. The van der Waals surface area contributed by atoms with Crippen molar-refractivity contribution in [2.24, 2.45) is 5.41 Å².